The lowest BCUT2D eigenvalue weighted by molar-refractivity contribution is 0.558. The standard InChI is InChI=1S/C21H22F2N4O2S/c1-25(2)20-10-8-16(14-24-20)30(28,29)27-12-4-6-21(27)26-11-3-5-19(26)17-13-15(22)7-9-18(17)23/h4,6-10,12-14,19H,3,5,11H2,1-2H3/t19-/m1/s1. The van der Waals surface area contributed by atoms with Crippen molar-refractivity contribution in [2.75, 3.05) is 30.4 Å². The van der Waals surface area contributed by atoms with Crippen LogP contribution in [0.4, 0.5) is 20.4 Å². The van der Waals surface area contributed by atoms with Gasteiger partial charge in [-0.1, -0.05) is 0 Å². The third-order valence-electron chi connectivity index (χ3n) is 5.29. The van der Waals surface area contributed by atoms with E-state index in [0.717, 1.165) is 18.6 Å². The number of rotatable bonds is 5. The maximum Gasteiger partial charge on any atom is 0.270 e. The van der Waals surface area contributed by atoms with Crippen molar-refractivity contribution in [1.82, 2.24) is 8.96 Å². The van der Waals surface area contributed by atoms with Gasteiger partial charge in [0, 0.05) is 38.6 Å². The zero-order chi connectivity index (χ0) is 21.5. The Bertz CT molecular complexity index is 1160. The number of anilines is 2. The first-order valence-corrected chi connectivity index (χ1v) is 11.0. The van der Waals surface area contributed by atoms with E-state index in [2.05, 4.69) is 4.98 Å². The first-order chi connectivity index (χ1) is 14.3. The van der Waals surface area contributed by atoms with E-state index in [9.17, 15) is 17.2 Å². The molecule has 2 aromatic heterocycles. The predicted octanol–water partition coefficient (Wildman–Crippen LogP) is 3.81. The third kappa shape index (κ3) is 3.54. The molecular weight excluding hydrogens is 410 g/mol. The lowest BCUT2D eigenvalue weighted by Gasteiger charge is -2.28. The molecule has 0 bridgehead atoms. The van der Waals surface area contributed by atoms with Gasteiger partial charge in [-0.3, -0.25) is 0 Å². The molecule has 0 spiro atoms. The molecule has 0 saturated carbocycles. The number of nitrogens with zero attached hydrogens (tertiary/aromatic N) is 4. The smallest absolute Gasteiger partial charge is 0.270 e. The van der Waals surface area contributed by atoms with Gasteiger partial charge in [0.05, 0.1) is 6.04 Å². The molecule has 1 saturated heterocycles. The van der Waals surface area contributed by atoms with E-state index in [1.54, 1.807) is 23.1 Å². The number of aromatic nitrogens is 2. The van der Waals surface area contributed by atoms with Crippen molar-refractivity contribution in [1.29, 1.82) is 0 Å². The van der Waals surface area contributed by atoms with Crippen LogP contribution in [0.25, 0.3) is 0 Å². The minimum Gasteiger partial charge on any atom is -0.363 e. The van der Waals surface area contributed by atoms with E-state index >= 15 is 0 Å². The van der Waals surface area contributed by atoms with E-state index in [4.69, 9.17) is 0 Å². The molecule has 1 aliphatic heterocycles. The van der Waals surface area contributed by atoms with Crippen LogP contribution in [0.5, 0.6) is 0 Å². The lowest BCUT2D eigenvalue weighted by Crippen LogP contribution is -2.28. The van der Waals surface area contributed by atoms with Crippen molar-refractivity contribution in [2.45, 2.75) is 23.8 Å². The van der Waals surface area contributed by atoms with Gasteiger partial charge in [-0.25, -0.2) is 26.2 Å². The number of hydrogen-bond donors (Lipinski definition) is 0. The van der Waals surface area contributed by atoms with Gasteiger partial charge < -0.3 is 9.80 Å². The maximum atomic E-state index is 14.4. The fraction of sp³-hybridized carbons (Fsp3) is 0.286. The average Bonchev–Trinajstić information content (AvgIpc) is 3.39. The third-order valence-corrected chi connectivity index (χ3v) is 6.96. The molecule has 0 radical (unpaired) electrons. The summed E-state index contributed by atoms with van der Waals surface area (Å²) in [5.74, 6) is 0.0340. The van der Waals surface area contributed by atoms with Crippen LogP contribution in [-0.4, -0.2) is 38.0 Å². The monoisotopic (exact) mass is 432 g/mol. The molecule has 30 heavy (non-hydrogen) atoms. The minimum absolute atomic E-state index is 0.0539. The molecule has 0 unspecified atom stereocenters. The number of benzene rings is 1. The van der Waals surface area contributed by atoms with Crippen molar-refractivity contribution < 1.29 is 17.2 Å². The summed E-state index contributed by atoms with van der Waals surface area (Å²) in [6, 6.07) is 9.37. The Labute approximate surface area is 174 Å². The molecule has 4 rings (SSSR count). The van der Waals surface area contributed by atoms with Gasteiger partial charge in [0.15, 0.2) is 0 Å². The van der Waals surface area contributed by atoms with E-state index in [1.165, 1.54) is 28.5 Å². The number of hydrogen-bond acceptors (Lipinski definition) is 5. The van der Waals surface area contributed by atoms with Crippen LogP contribution in [-0.2, 0) is 10.0 Å². The van der Waals surface area contributed by atoms with Gasteiger partial charge in [0.25, 0.3) is 10.0 Å². The Balaban J connectivity index is 1.72. The Morgan fingerprint density at radius 1 is 1.13 bits per heavy atom. The van der Waals surface area contributed by atoms with E-state index in [0.29, 0.717) is 24.6 Å². The number of pyridine rings is 1. The Hall–Kier alpha value is -2.94. The van der Waals surface area contributed by atoms with Gasteiger partial charge in [0.2, 0.25) is 0 Å². The summed E-state index contributed by atoms with van der Waals surface area (Å²) in [6.45, 7) is 0.540. The Morgan fingerprint density at radius 2 is 1.93 bits per heavy atom. The van der Waals surface area contributed by atoms with Crippen LogP contribution < -0.4 is 9.80 Å². The molecule has 1 aliphatic rings. The second kappa shape index (κ2) is 7.71. The summed E-state index contributed by atoms with van der Waals surface area (Å²) in [5.41, 5.74) is 0.231. The van der Waals surface area contributed by atoms with Gasteiger partial charge in [-0.05, 0) is 55.3 Å². The first-order valence-electron chi connectivity index (χ1n) is 9.57. The van der Waals surface area contributed by atoms with Crippen LogP contribution in [0.15, 0.2) is 59.8 Å². The normalized spacial score (nSPS) is 16.8. The van der Waals surface area contributed by atoms with Crippen LogP contribution in [0.3, 0.4) is 0 Å². The van der Waals surface area contributed by atoms with Crippen molar-refractivity contribution in [2.24, 2.45) is 0 Å². The highest BCUT2D eigenvalue weighted by molar-refractivity contribution is 7.90. The predicted molar refractivity (Wildman–Crippen MR) is 111 cm³/mol. The van der Waals surface area contributed by atoms with Gasteiger partial charge in [-0.15, -0.1) is 0 Å². The van der Waals surface area contributed by atoms with Crippen LogP contribution in [0.2, 0.25) is 0 Å². The molecule has 1 fully saturated rings. The first kappa shape index (κ1) is 20.3. The summed E-state index contributed by atoms with van der Waals surface area (Å²) in [6.07, 6.45) is 4.12. The molecule has 0 aliphatic carbocycles. The molecule has 9 heteroatoms. The summed E-state index contributed by atoms with van der Waals surface area (Å²) in [4.78, 5) is 7.84. The van der Waals surface area contributed by atoms with Gasteiger partial charge in [0.1, 0.15) is 28.2 Å². The molecule has 3 aromatic rings. The highest BCUT2D eigenvalue weighted by atomic mass is 32.2. The second-order valence-corrected chi connectivity index (χ2v) is 9.25. The summed E-state index contributed by atoms with van der Waals surface area (Å²) in [5, 5.41) is 0. The minimum atomic E-state index is -3.90. The topological polar surface area (TPSA) is 58.4 Å². The van der Waals surface area contributed by atoms with Gasteiger partial charge >= 0.3 is 0 Å². The summed E-state index contributed by atoms with van der Waals surface area (Å²) < 4.78 is 55.9. The zero-order valence-corrected chi connectivity index (χ0v) is 17.5. The lowest BCUT2D eigenvalue weighted by atomic mass is 10.0. The van der Waals surface area contributed by atoms with Crippen molar-refractivity contribution in [3.05, 3.63) is 72.1 Å². The van der Waals surface area contributed by atoms with E-state index < -0.39 is 27.7 Å². The average molecular weight is 432 g/mol. The van der Waals surface area contributed by atoms with Crippen LogP contribution in [0.1, 0.15) is 24.4 Å². The van der Waals surface area contributed by atoms with Crippen molar-refractivity contribution in [3.8, 4) is 0 Å². The molecule has 158 valence electrons. The fourth-order valence-corrected chi connectivity index (χ4v) is 5.12. The molecule has 1 atom stereocenters. The fourth-order valence-electron chi connectivity index (χ4n) is 3.82. The van der Waals surface area contributed by atoms with Gasteiger partial charge in [-0.2, -0.15) is 0 Å². The largest absolute Gasteiger partial charge is 0.363 e. The molecule has 3 heterocycles. The van der Waals surface area contributed by atoms with Crippen LogP contribution in [0, 0.1) is 11.6 Å². The molecule has 1 aromatic carbocycles. The van der Waals surface area contributed by atoms with E-state index in [-0.39, 0.29) is 10.5 Å². The Morgan fingerprint density at radius 3 is 2.63 bits per heavy atom. The summed E-state index contributed by atoms with van der Waals surface area (Å²) >= 11 is 0. The molecule has 0 amide bonds. The molecule has 0 N–H and O–H groups in total. The summed E-state index contributed by atoms with van der Waals surface area (Å²) in [7, 11) is -0.266. The highest BCUT2D eigenvalue weighted by Gasteiger charge is 2.32. The SMILES string of the molecule is CN(C)c1ccc(S(=O)(=O)n2cccc2N2CCC[C@@H]2c2cc(F)ccc2F)cn1. The molecular formula is C21H22F2N4O2S. The van der Waals surface area contributed by atoms with E-state index in [1.807, 2.05) is 19.0 Å². The Kier molecular flexibility index (Phi) is 5.23. The van der Waals surface area contributed by atoms with Crippen molar-refractivity contribution in [3.63, 3.8) is 0 Å². The van der Waals surface area contributed by atoms with Crippen LogP contribution >= 0.6 is 0 Å². The number of halogens is 2. The zero-order valence-electron chi connectivity index (χ0n) is 16.7. The highest BCUT2D eigenvalue weighted by Crippen LogP contribution is 2.38. The molecule has 6 nitrogen and oxygen atoms in total. The second-order valence-electron chi connectivity index (χ2n) is 7.43. The quantitative estimate of drug-likeness (QED) is 0.614. The maximum absolute atomic E-state index is 14.4. The van der Waals surface area contributed by atoms with Crippen molar-refractivity contribution >= 4 is 21.7 Å².